The lowest BCUT2D eigenvalue weighted by atomic mass is 10.1. The summed E-state index contributed by atoms with van der Waals surface area (Å²) in [6.45, 7) is 2.25. The van der Waals surface area contributed by atoms with Gasteiger partial charge in [-0.05, 0) is 24.1 Å². The molecule has 0 aromatic heterocycles. The van der Waals surface area contributed by atoms with Gasteiger partial charge in [-0.15, -0.1) is 11.8 Å². The van der Waals surface area contributed by atoms with Crippen LogP contribution in [0.2, 0.25) is 0 Å². The Balaban J connectivity index is 1.58. The van der Waals surface area contributed by atoms with E-state index in [1.807, 2.05) is 24.3 Å². The number of unbranched alkanes of at least 4 members (excludes halogenated alkanes) is 10. The molecule has 2 amide bonds. The van der Waals surface area contributed by atoms with Crippen LogP contribution in [0.25, 0.3) is 0 Å². The molecule has 1 unspecified atom stereocenters. The first kappa shape index (κ1) is 24.3. The number of benzene rings is 1. The molecule has 1 N–H and O–H groups in total. The summed E-state index contributed by atoms with van der Waals surface area (Å²) in [6, 6.07) is 7.90. The number of carbonyl (C=O) groups is 2. The lowest BCUT2D eigenvalue weighted by Crippen LogP contribution is -2.44. The van der Waals surface area contributed by atoms with E-state index >= 15 is 0 Å². The van der Waals surface area contributed by atoms with E-state index in [2.05, 4.69) is 28.3 Å². The second-order valence-electron chi connectivity index (χ2n) is 7.80. The molecule has 0 saturated carbocycles. The average Bonchev–Trinajstić information content (AvgIpc) is 3.07. The first-order chi connectivity index (χ1) is 14.1. The number of thioether (sulfide) groups is 1. The van der Waals surface area contributed by atoms with Crippen molar-refractivity contribution in [3.8, 4) is 0 Å². The molecule has 0 bridgehead atoms. The highest BCUT2D eigenvalue weighted by atomic mass is 79.9. The zero-order valence-electron chi connectivity index (χ0n) is 17.6. The van der Waals surface area contributed by atoms with Crippen LogP contribution in [-0.4, -0.2) is 22.6 Å². The van der Waals surface area contributed by atoms with Crippen LogP contribution in [0, 0.1) is 0 Å². The minimum Gasteiger partial charge on any atom is -0.273 e. The fraction of sp³-hybridized carbons (Fsp3) is 0.652. The fourth-order valence-electron chi connectivity index (χ4n) is 3.56. The monoisotopic (exact) mass is 482 g/mol. The standard InChI is InChI=1S/C23H35BrN2O2S/c1-2-3-4-5-6-7-8-9-10-11-12-13-21(27)25-26-22(28)18-29-23(26)19-14-16-20(24)17-15-19/h14-17,23H,2-13,18H2,1H3,(H,25,27). The number of halogens is 1. The lowest BCUT2D eigenvalue weighted by molar-refractivity contribution is -0.139. The number of rotatable bonds is 14. The summed E-state index contributed by atoms with van der Waals surface area (Å²) in [5.41, 5.74) is 3.87. The van der Waals surface area contributed by atoms with Crippen LogP contribution in [0.4, 0.5) is 0 Å². The zero-order valence-corrected chi connectivity index (χ0v) is 20.0. The Morgan fingerprint density at radius 2 is 1.55 bits per heavy atom. The van der Waals surface area contributed by atoms with Gasteiger partial charge in [0, 0.05) is 10.9 Å². The molecule has 4 nitrogen and oxygen atoms in total. The van der Waals surface area contributed by atoms with E-state index in [0.29, 0.717) is 12.2 Å². The smallest absolute Gasteiger partial charge is 0.252 e. The third-order valence-corrected chi connectivity index (χ3v) is 7.02. The van der Waals surface area contributed by atoms with E-state index in [4.69, 9.17) is 0 Å². The zero-order chi connectivity index (χ0) is 20.9. The molecular weight excluding hydrogens is 448 g/mol. The van der Waals surface area contributed by atoms with Gasteiger partial charge in [0.1, 0.15) is 5.37 Å². The quantitative estimate of drug-likeness (QED) is 0.298. The summed E-state index contributed by atoms with van der Waals surface area (Å²) in [5, 5.41) is 1.37. The van der Waals surface area contributed by atoms with Crippen molar-refractivity contribution < 1.29 is 9.59 Å². The molecule has 0 aliphatic carbocycles. The summed E-state index contributed by atoms with van der Waals surface area (Å²) in [7, 11) is 0. The maximum absolute atomic E-state index is 12.3. The Morgan fingerprint density at radius 1 is 1.00 bits per heavy atom. The average molecular weight is 484 g/mol. The first-order valence-corrected chi connectivity index (χ1v) is 12.9. The second kappa shape index (κ2) is 14.1. The molecule has 162 valence electrons. The molecule has 1 aliphatic rings. The summed E-state index contributed by atoms with van der Waals surface area (Å²) < 4.78 is 1.00. The van der Waals surface area contributed by atoms with Crippen molar-refractivity contribution in [1.29, 1.82) is 0 Å². The van der Waals surface area contributed by atoms with Crippen LogP contribution in [-0.2, 0) is 9.59 Å². The molecule has 29 heavy (non-hydrogen) atoms. The Morgan fingerprint density at radius 3 is 2.14 bits per heavy atom. The number of carbonyl (C=O) groups excluding carboxylic acids is 2. The summed E-state index contributed by atoms with van der Waals surface area (Å²) >= 11 is 4.98. The highest BCUT2D eigenvalue weighted by Gasteiger charge is 2.34. The van der Waals surface area contributed by atoms with Crippen LogP contribution in [0.3, 0.4) is 0 Å². The van der Waals surface area contributed by atoms with Crippen molar-refractivity contribution in [1.82, 2.24) is 10.4 Å². The van der Waals surface area contributed by atoms with Crippen LogP contribution in [0.15, 0.2) is 28.7 Å². The molecular formula is C23H35BrN2O2S. The van der Waals surface area contributed by atoms with Gasteiger partial charge < -0.3 is 0 Å². The summed E-state index contributed by atoms with van der Waals surface area (Å²) in [4.78, 5) is 24.5. The maximum atomic E-state index is 12.3. The molecule has 0 radical (unpaired) electrons. The van der Waals surface area contributed by atoms with Crippen LogP contribution < -0.4 is 5.43 Å². The van der Waals surface area contributed by atoms with Crippen molar-refractivity contribution in [2.45, 2.75) is 89.3 Å². The predicted octanol–water partition coefficient (Wildman–Crippen LogP) is 6.76. The highest BCUT2D eigenvalue weighted by Crippen LogP contribution is 2.37. The second-order valence-corrected chi connectivity index (χ2v) is 9.78. The molecule has 1 heterocycles. The van der Waals surface area contributed by atoms with E-state index in [1.165, 1.54) is 62.8 Å². The molecule has 2 rings (SSSR count). The van der Waals surface area contributed by atoms with Crippen molar-refractivity contribution >= 4 is 39.5 Å². The number of hydrogen-bond acceptors (Lipinski definition) is 3. The van der Waals surface area contributed by atoms with Gasteiger partial charge in [-0.3, -0.25) is 15.0 Å². The van der Waals surface area contributed by atoms with Gasteiger partial charge in [-0.2, -0.15) is 0 Å². The summed E-state index contributed by atoms with van der Waals surface area (Å²) in [5.74, 6) is 0.313. The molecule has 1 atom stereocenters. The number of nitrogens with zero attached hydrogens (tertiary/aromatic N) is 1. The lowest BCUT2D eigenvalue weighted by Gasteiger charge is -2.24. The minimum atomic E-state index is -0.142. The van der Waals surface area contributed by atoms with Gasteiger partial charge in [-0.25, -0.2) is 5.01 Å². The molecule has 6 heteroatoms. The Labute approximate surface area is 188 Å². The molecule has 1 saturated heterocycles. The highest BCUT2D eigenvalue weighted by molar-refractivity contribution is 9.10. The first-order valence-electron chi connectivity index (χ1n) is 11.1. The van der Waals surface area contributed by atoms with E-state index < -0.39 is 0 Å². The van der Waals surface area contributed by atoms with Crippen molar-refractivity contribution in [2.24, 2.45) is 0 Å². The number of nitrogens with one attached hydrogen (secondary N) is 1. The number of hydrazine groups is 1. The number of hydrogen-bond donors (Lipinski definition) is 1. The minimum absolute atomic E-state index is 0.0322. The van der Waals surface area contributed by atoms with E-state index in [-0.39, 0.29) is 17.2 Å². The van der Waals surface area contributed by atoms with Gasteiger partial charge in [0.15, 0.2) is 0 Å². The fourth-order valence-corrected chi connectivity index (χ4v) is 4.93. The van der Waals surface area contributed by atoms with E-state index in [1.54, 1.807) is 11.8 Å². The third kappa shape index (κ3) is 9.12. The normalized spacial score (nSPS) is 16.4. The Bertz CT molecular complexity index is 624. The van der Waals surface area contributed by atoms with Gasteiger partial charge in [0.05, 0.1) is 5.75 Å². The third-order valence-electron chi connectivity index (χ3n) is 5.28. The van der Waals surface area contributed by atoms with E-state index in [0.717, 1.165) is 22.9 Å². The Hall–Kier alpha value is -1.01. The molecule has 1 aliphatic heterocycles. The van der Waals surface area contributed by atoms with Crippen molar-refractivity contribution in [3.63, 3.8) is 0 Å². The molecule has 0 spiro atoms. The van der Waals surface area contributed by atoms with Crippen LogP contribution in [0.1, 0.15) is 94.9 Å². The van der Waals surface area contributed by atoms with Crippen LogP contribution in [0.5, 0.6) is 0 Å². The molecule has 1 aromatic carbocycles. The van der Waals surface area contributed by atoms with Crippen molar-refractivity contribution in [3.05, 3.63) is 34.3 Å². The van der Waals surface area contributed by atoms with Gasteiger partial charge in [0.25, 0.3) is 5.91 Å². The topological polar surface area (TPSA) is 49.4 Å². The number of amides is 2. The van der Waals surface area contributed by atoms with Gasteiger partial charge in [0.2, 0.25) is 5.91 Å². The largest absolute Gasteiger partial charge is 0.273 e. The maximum Gasteiger partial charge on any atom is 0.252 e. The van der Waals surface area contributed by atoms with Gasteiger partial charge >= 0.3 is 0 Å². The van der Waals surface area contributed by atoms with Crippen LogP contribution >= 0.6 is 27.7 Å². The van der Waals surface area contributed by atoms with Gasteiger partial charge in [-0.1, -0.05) is 99.2 Å². The van der Waals surface area contributed by atoms with Crippen molar-refractivity contribution in [2.75, 3.05) is 5.75 Å². The van der Waals surface area contributed by atoms with E-state index in [9.17, 15) is 9.59 Å². The SMILES string of the molecule is CCCCCCCCCCCCCC(=O)NN1C(=O)CSC1c1ccc(Br)cc1. The Kier molecular flexibility index (Phi) is 11.8. The predicted molar refractivity (Wildman–Crippen MR) is 125 cm³/mol. The summed E-state index contributed by atoms with van der Waals surface area (Å²) in [6.07, 6.45) is 14.4. The molecule has 1 aromatic rings. The molecule has 1 fully saturated rings.